The average Bonchev–Trinajstić information content (AvgIpc) is 2.59. The Morgan fingerprint density at radius 1 is 1.17 bits per heavy atom. The van der Waals surface area contributed by atoms with Gasteiger partial charge in [-0.15, -0.1) is 18.3 Å². The Hall–Kier alpha value is -2.40. The Balaban J connectivity index is 1.96. The molecule has 0 aliphatic rings. The van der Waals surface area contributed by atoms with Crippen molar-refractivity contribution in [3.05, 3.63) is 61.2 Å². The molecule has 0 aliphatic carbocycles. The van der Waals surface area contributed by atoms with Crippen molar-refractivity contribution in [3.63, 3.8) is 0 Å². The molecule has 0 atom stereocenters. The van der Waals surface area contributed by atoms with E-state index in [9.17, 15) is 4.79 Å². The number of carbonyl (C=O) groups is 1. The highest BCUT2D eigenvalue weighted by Crippen LogP contribution is 2.28. The van der Waals surface area contributed by atoms with Crippen LogP contribution in [0.2, 0.25) is 0 Å². The number of nitrogens with one attached hydrogen (secondary N) is 1. The van der Waals surface area contributed by atoms with E-state index in [1.54, 1.807) is 31.0 Å². The van der Waals surface area contributed by atoms with E-state index in [1.807, 2.05) is 42.5 Å². The molecule has 0 heterocycles. The summed E-state index contributed by atoms with van der Waals surface area (Å²) in [5.41, 5.74) is 0.771. The lowest BCUT2D eigenvalue weighted by molar-refractivity contribution is -0.118. The minimum atomic E-state index is -0.220. The molecule has 23 heavy (non-hydrogen) atoms. The molecule has 2 rings (SSSR count). The highest BCUT2D eigenvalue weighted by Gasteiger charge is 2.09. The molecule has 0 aliphatic heterocycles. The molecular formula is C18H19NO3S. The van der Waals surface area contributed by atoms with Crippen molar-refractivity contribution >= 4 is 23.4 Å². The van der Waals surface area contributed by atoms with E-state index < -0.39 is 0 Å². The van der Waals surface area contributed by atoms with Crippen molar-refractivity contribution in [2.24, 2.45) is 0 Å². The zero-order chi connectivity index (χ0) is 16.5. The van der Waals surface area contributed by atoms with Gasteiger partial charge in [0.15, 0.2) is 18.1 Å². The van der Waals surface area contributed by atoms with E-state index in [2.05, 4.69) is 11.9 Å². The number of thioether (sulfide) groups is 1. The summed E-state index contributed by atoms with van der Waals surface area (Å²) in [6, 6.07) is 14.9. The smallest absolute Gasteiger partial charge is 0.262 e. The number of hydrogen-bond donors (Lipinski definition) is 1. The predicted octanol–water partition coefficient (Wildman–Crippen LogP) is 3.99. The number of para-hydroxylation sites is 3. The van der Waals surface area contributed by atoms with Gasteiger partial charge in [-0.05, 0) is 24.3 Å². The van der Waals surface area contributed by atoms with Crippen LogP contribution in [0, 0.1) is 0 Å². The second-order valence-electron chi connectivity index (χ2n) is 4.58. The van der Waals surface area contributed by atoms with Crippen LogP contribution in [0.3, 0.4) is 0 Å². The summed E-state index contributed by atoms with van der Waals surface area (Å²) < 4.78 is 10.7. The van der Waals surface area contributed by atoms with E-state index in [0.29, 0.717) is 11.5 Å². The SMILES string of the molecule is C=CCSc1ccccc1NC(=O)COc1ccccc1OC. The molecule has 1 amide bonds. The fraction of sp³-hybridized carbons (Fsp3) is 0.167. The molecule has 5 heteroatoms. The van der Waals surface area contributed by atoms with Crippen LogP contribution in [0.4, 0.5) is 5.69 Å². The van der Waals surface area contributed by atoms with Crippen molar-refractivity contribution in [1.29, 1.82) is 0 Å². The lowest BCUT2D eigenvalue weighted by Crippen LogP contribution is -2.20. The summed E-state index contributed by atoms with van der Waals surface area (Å²) in [4.78, 5) is 13.1. The molecule has 0 spiro atoms. The molecule has 0 aromatic heterocycles. The minimum Gasteiger partial charge on any atom is -0.493 e. The van der Waals surface area contributed by atoms with Gasteiger partial charge in [-0.3, -0.25) is 4.79 Å². The molecule has 4 nitrogen and oxygen atoms in total. The number of hydrogen-bond acceptors (Lipinski definition) is 4. The maximum absolute atomic E-state index is 12.1. The summed E-state index contributed by atoms with van der Waals surface area (Å²) in [5, 5.41) is 2.87. The number of methoxy groups -OCH3 is 1. The van der Waals surface area contributed by atoms with Crippen LogP contribution in [0.1, 0.15) is 0 Å². The van der Waals surface area contributed by atoms with E-state index >= 15 is 0 Å². The van der Waals surface area contributed by atoms with E-state index in [4.69, 9.17) is 9.47 Å². The molecule has 2 aromatic carbocycles. The fourth-order valence-electron chi connectivity index (χ4n) is 1.91. The third-order valence-electron chi connectivity index (χ3n) is 2.95. The third kappa shape index (κ3) is 5.07. The first kappa shape index (κ1) is 17.0. The Morgan fingerprint density at radius 2 is 1.87 bits per heavy atom. The largest absolute Gasteiger partial charge is 0.493 e. The summed E-state index contributed by atoms with van der Waals surface area (Å²) in [7, 11) is 1.56. The first-order valence-corrected chi connectivity index (χ1v) is 8.11. The highest BCUT2D eigenvalue weighted by atomic mass is 32.2. The highest BCUT2D eigenvalue weighted by molar-refractivity contribution is 7.99. The standard InChI is InChI=1S/C18H19NO3S/c1-3-12-23-17-11-7-4-8-14(17)19-18(20)13-22-16-10-6-5-9-15(16)21-2/h3-11H,1,12-13H2,2H3,(H,19,20). The van der Waals surface area contributed by atoms with Gasteiger partial charge in [0.25, 0.3) is 5.91 Å². The lowest BCUT2D eigenvalue weighted by Gasteiger charge is -2.12. The fourth-order valence-corrected chi connectivity index (χ4v) is 2.66. The van der Waals surface area contributed by atoms with Crippen molar-refractivity contribution in [1.82, 2.24) is 0 Å². The second-order valence-corrected chi connectivity index (χ2v) is 5.65. The molecule has 0 unspecified atom stereocenters. The van der Waals surface area contributed by atoms with E-state index in [1.165, 1.54) is 0 Å². The van der Waals surface area contributed by atoms with Crippen LogP contribution in [0.25, 0.3) is 0 Å². The molecule has 0 saturated heterocycles. The van der Waals surface area contributed by atoms with Gasteiger partial charge in [-0.1, -0.05) is 30.3 Å². The van der Waals surface area contributed by atoms with Gasteiger partial charge in [-0.2, -0.15) is 0 Å². The topological polar surface area (TPSA) is 47.6 Å². The van der Waals surface area contributed by atoms with Crippen LogP contribution in [-0.2, 0) is 4.79 Å². The van der Waals surface area contributed by atoms with Gasteiger partial charge < -0.3 is 14.8 Å². The number of benzene rings is 2. The Labute approximate surface area is 140 Å². The van der Waals surface area contributed by atoms with Crippen LogP contribution >= 0.6 is 11.8 Å². The Bertz CT molecular complexity index is 673. The number of amides is 1. The third-order valence-corrected chi connectivity index (χ3v) is 4.02. The van der Waals surface area contributed by atoms with Gasteiger partial charge >= 0.3 is 0 Å². The predicted molar refractivity (Wildman–Crippen MR) is 94.5 cm³/mol. The van der Waals surface area contributed by atoms with Gasteiger partial charge in [-0.25, -0.2) is 0 Å². The van der Waals surface area contributed by atoms with Crippen molar-refractivity contribution in [2.75, 3.05) is 24.8 Å². The summed E-state index contributed by atoms with van der Waals surface area (Å²) in [5.74, 6) is 1.70. The van der Waals surface area contributed by atoms with Crippen LogP contribution < -0.4 is 14.8 Å². The summed E-state index contributed by atoms with van der Waals surface area (Å²) in [6.45, 7) is 3.62. The van der Waals surface area contributed by atoms with Crippen LogP contribution in [-0.4, -0.2) is 25.4 Å². The maximum Gasteiger partial charge on any atom is 0.262 e. The minimum absolute atomic E-state index is 0.0825. The summed E-state index contributed by atoms with van der Waals surface area (Å²) >= 11 is 1.62. The molecule has 0 fully saturated rings. The number of ether oxygens (including phenoxy) is 2. The zero-order valence-corrected chi connectivity index (χ0v) is 13.8. The quantitative estimate of drug-likeness (QED) is 0.587. The lowest BCUT2D eigenvalue weighted by atomic mass is 10.3. The monoisotopic (exact) mass is 329 g/mol. The molecular weight excluding hydrogens is 310 g/mol. The van der Waals surface area contributed by atoms with E-state index in [-0.39, 0.29) is 12.5 Å². The summed E-state index contributed by atoms with van der Waals surface area (Å²) in [6.07, 6.45) is 1.83. The molecule has 2 aromatic rings. The van der Waals surface area contributed by atoms with Gasteiger partial charge in [0.2, 0.25) is 0 Å². The molecule has 1 N–H and O–H groups in total. The normalized spacial score (nSPS) is 9.96. The first-order valence-electron chi connectivity index (χ1n) is 7.13. The molecule has 120 valence electrons. The van der Waals surface area contributed by atoms with Crippen molar-refractivity contribution in [2.45, 2.75) is 4.90 Å². The van der Waals surface area contributed by atoms with Gasteiger partial charge in [0.1, 0.15) is 0 Å². The molecule has 0 bridgehead atoms. The number of anilines is 1. The van der Waals surface area contributed by atoms with Gasteiger partial charge in [0, 0.05) is 10.6 Å². The second kappa shape index (κ2) is 8.90. The Morgan fingerprint density at radius 3 is 2.61 bits per heavy atom. The average molecular weight is 329 g/mol. The number of rotatable bonds is 8. The van der Waals surface area contributed by atoms with Crippen molar-refractivity contribution < 1.29 is 14.3 Å². The molecule has 0 radical (unpaired) electrons. The molecule has 0 saturated carbocycles. The maximum atomic E-state index is 12.1. The number of carbonyl (C=O) groups excluding carboxylic acids is 1. The van der Waals surface area contributed by atoms with Crippen LogP contribution in [0.15, 0.2) is 66.1 Å². The zero-order valence-electron chi connectivity index (χ0n) is 13.0. The first-order chi connectivity index (χ1) is 11.2. The van der Waals surface area contributed by atoms with Crippen LogP contribution in [0.5, 0.6) is 11.5 Å². The van der Waals surface area contributed by atoms with Crippen molar-refractivity contribution in [3.8, 4) is 11.5 Å². The Kier molecular flexibility index (Phi) is 6.56. The van der Waals surface area contributed by atoms with Gasteiger partial charge in [0.05, 0.1) is 12.8 Å². The van der Waals surface area contributed by atoms with E-state index in [0.717, 1.165) is 16.3 Å².